The van der Waals surface area contributed by atoms with E-state index in [2.05, 4.69) is 25.3 Å². The number of nitrogens with one attached hydrogen (secondary N) is 2. The molecule has 6 heteroatoms. The van der Waals surface area contributed by atoms with Crippen molar-refractivity contribution in [3.63, 3.8) is 0 Å². The summed E-state index contributed by atoms with van der Waals surface area (Å²) in [7, 11) is 1.37. The van der Waals surface area contributed by atoms with Crippen molar-refractivity contribution in [3.05, 3.63) is 24.2 Å². The smallest absolute Gasteiger partial charge is 0.278 e. The first kappa shape index (κ1) is 8.64. The summed E-state index contributed by atoms with van der Waals surface area (Å²) < 4.78 is 0. The molecule has 6 nitrogen and oxygen atoms in total. The molecule has 0 atom stereocenters. The van der Waals surface area contributed by atoms with Crippen LogP contribution < -0.4 is 5.48 Å². The fourth-order valence-electron chi connectivity index (χ4n) is 1.17. The van der Waals surface area contributed by atoms with Crippen molar-refractivity contribution < 1.29 is 9.63 Å². The first-order valence-corrected chi connectivity index (χ1v) is 3.94. The third-order valence-electron chi connectivity index (χ3n) is 1.75. The van der Waals surface area contributed by atoms with Crippen LogP contribution in [0, 0.1) is 0 Å². The summed E-state index contributed by atoms with van der Waals surface area (Å²) in [5.74, 6) is -0.348. The van der Waals surface area contributed by atoms with Crippen LogP contribution in [0.3, 0.4) is 0 Å². The highest BCUT2D eigenvalue weighted by molar-refractivity contribution is 6.03. The molecule has 0 aromatic carbocycles. The van der Waals surface area contributed by atoms with E-state index in [0.29, 0.717) is 16.7 Å². The number of aromatic amines is 1. The van der Waals surface area contributed by atoms with Crippen LogP contribution >= 0.6 is 0 Å². The van der Waals surface area contributed by atoms with Gasteiger partial charge in [-0.15, -0.1) is 0 Å². The minimum Gasteiger partial charge on any atom is -0.344 e. The molecule has 2 N–H and O–H groups in total. The molecule has 0 spiro atoms. The second-order valence-corrected chi connectivity index (χ2v) is 2.59. The fraction of sp³-hybridized carbons (Fsp3) is 0.125. The van der Waals surface area contributed by atoms with E-state index >= 15 is 0 Å². The van der Waals surface area contributed by atoms with Gasteiger partial charge in [0, 0.05) is 18.6 Å². The molecule has 0 aliphatic rings. The molecular formula is C8H8N4O2. The van der Waals surface area contributed by atoms with Crippen molar-refractivity contribution in [3.8, 4) is 0 Å². The minimum atomic E-state index is -0.348. The largest absolute Gasteiger partial charge is 0.344 e. The van der Waals surface area contributed by atoms with Gasteiger partial charge in [0.2, 0.25) is 0 Å². The monoisotopic (exact) mass is 192 g/mol. The van der Waals surface area contributed by atoms with Crippen LogP contribution in [0.15, 0.2) is 18.6 Å². The van der Waals surface area contributed by atoms with Crippen molar-refractivity contribution in [2.45, 2.75) is 0 Å². The third kappa shape index (κ3) is 1.31. The average molecular weight is 192 g/mol. The van der Waals surface area contributed by atoms with Crippen LogP contribution in [-0.4, -0.2) is 28.0 Å². The number of nitrogens with zero attached hydrogens (tertiary/aromatic N) is 2. The maximum Gasteiger partial charge on any atom is 0.278 e. The van der Waals surface area contributed by atoms with Crippen molar-refractivity contribution in [2.24, 2.45) is 0 Å². The number of H-pyrrole nitrogens is 1. The van der Waals surface area contributed by atoms with Crippen LogP contribution in [0.25, 0.3) is 11.2 Å². The normalized spacial score (nSPS) is 10.4. The molecule has 0 unspecified atom stereocenters. The van der Waals surface area contributed by atoms with E-state index in [1.54, 1.807) is 12.4 Å². The van der Waals surface area contributed by atoms with Gasteiger partial charge in [-0.05, 0) is 0 Å². The quantitative estimate of drug-likeness (QED) is 0.668. The predicted molar refractivity (Wildman–Crippen MR) is 48.4 cm³/mol. The Morgan fingerprint density at radius 2 is 2.29 bits per heavy atom. The van der Waals surface area contributed by atoms with Gasteiger partial charge in [-0.2, -0.15) is 0 Å². The minimum absolute atomic E-state index is 0.348. The van der Waals surface area contributed by atoms with Gasteiger partial charge in [0.25, 0.3) is 5.91 Å². The van der Waals surface area contributed by atoms with Crippen molar-refractivity contribution >= 4 is 17.1 Å². The van der Waals surface area contributed by atoms with E-state index in [4.69, 9.17) is 0 Å². The molecule has 0 aliphatic heterocycles. The zero-order valence-electron chi connectivity index (χ0n) is 7.44. The second kappa shape index (κ2) is 3.43. The molecule has 2 heterocycles. The highest BCUT2D eigenvalue weighted by Gasteiger charge is 2.12. The molecule has 72 valence electrons. The van der Waals surface area contributed by atoms with E-state index in [1.165, 1.54) is 13.3 Å². The van der Waals surface area contributed by atoms with Crippen molar-refractivity contribution in [1.29, 1.82) is 0 Å². The SMILES string of the molecule is CONC(=O)c1c[nH]c2nccnc12. The summed E-state index contributed by atoms with van der Waals surface area (Å²) in [6, 6.07) is 0. The topological polar surface area (TPSA) is 79.9 Å². The van der Waals surface area contributed by atoms with Crippen LogP contribution in [0.2, 0.25) is 0 Å². The van der Waals surface area contributed by atoms with E-state index in [9.17, 15) is 4.79 Å². The number of carbonyl (C=O) groups excluding carboxylic acids is 1. The number of carbonyl (C=O) groups is 1. The first-order valence-electron chi connectivity index (χ1n) is 3.94. The van der Waals surface area contributed by atoms with Gasteiger partial charge in [0.05, 0.1) is 12.7 Å². The Morgan fingerprint density at radius 1 is 1.50 bits per heavy atom. The van der Waals surface area contributed by atoms with Gasteiger partial charge in [0.15, 0.2) is 5.65 Å². The van der Waals surface area contributed by atoms with Crippen LogP contribution in [0.5, 0.6) is 0 Å². The zero-order valence-corrected chi connectivity index (χ0v) is 7.44. The third-order valence-corrected chi connectivity index (χ3v) is 1.75. The molecular weight excluding hydrogens is 184 g/mol. The standard InChI is InChI=1S/C8H8N4O2/c1-14-12-8(13)5-4-11-7-6(5)9-2-3-10-7/h2-4H,1H3,(H,10,11)(H,12,13). The zero-order chi connectivity index (χ0) is 9.97. The molecule has 2 aromatic heterocycles. The summed E-state index contributed by atoms with van der Waals surface area (Å²) in [5, 5.41) is 0. The first-order chi connectivity index (χ1) is 6.83. The Bertz CT molecular complexity index is 465. The number of hydrogen-bond acceptors (Lipinski definition) is 4. The molecule has 2 aromatic rings. The molecule has 1 amide bonds. The molecule has 0 bridgehead atoms. The summed E-state index contributed by atoms with van der Waals surface area (Å²) in [6.07, 6.45) is 4.62. The molecule has 14 heavy (non-hydrogen) atoms. The Labute approximate surface area is 79.3 Å². The summed E-state index contributed by atoms with van der Waals surface area (Å²) in [4.78, 5) is 26.8. The van der Waals surface area contributed by atoms with Crippen LogP contribution in [-0.2, 0) is 4.84 Å². The lowest BCUT2D eigenvalue weighted by molar-refractivity contribution is 0.0539. The molecule has 0 saturated heterocycles. The van der Waals surface area contributed by atoms with Gasteiger partial charge in [-0.1, -0.05) is 0 Å². The van der Waals surface area contributed by atoms with E-state index in [-0.39, 0.29) is 5.91 Å². The van der Waals surface area contributed by atoms with Crippen molar-refractivity contribution in [1.82, 2.24) is 20.4 Å². The van der Waals surface area contributed by atoms with Gasteiger partial charge in [0.1, 0.15) is 5.52 Å². The highest BCUT2D eigenvalue weighted by Crippen LogP contribution is 2.11. The van der Waals surface area contributed by atoms with Gasteiger partial charge < -0.3 is 4.98 Å². The Morgan fingerprint density at radius 3 is 3.07 bits per heavy atom. The fourth-order valence-corrected chi connectivity index (χ4v) is 1.17. The number of amides is 1. The Balaban J connectivity index is 2.47. The second-order valence-electron chi connectivity index (χ2n) is 2.59. The number of hydrogen-bond donors (Lipinski definition) is 2. The Hall–Kier alpha value is -1.95. The van der Waals surface area contributed by atoms with Crippen molar-refractivity contribution in [2.75, 3.05) is 7.11 Å². The molecule has 0 radical (unpaired) electrons. The Kier molecular flexibility index (Phi) is 2.11. The molecule has 0 aliphatic carbocycles. The summed E-state index contributed by atoms with van der Waals surface area (Å²) >= 11 is 0. The lowest BCUT2D eigenvalue weighted by atomic mass is 10.3. The van der Waals surface area contributed by atoms with Crippen LogP contribution in [0.1, 0.15) is 10.4 Å². The lowest BCUT2D eigenvalue weighted by Crippen LogP contribution is -2.21. The summed E-state index contributed by atoms with van der Waals surface area (Å²) in [6.45, 7) is 0. The maximum atomic E-state index is 11.4. The number of rotatable bonds is 2. The molecule has 0 saturated carbocycles. The van der Waals surface area contributed by atoms with Gasteiger partial charge in [-0.3, -0.25) is 14.6 Å². The number of fused-ring (bicyclic) bond motifs is 1. The van der Waals surface area contributed by atoms with E-state index < -0.39 is 0 Å². The highest BCUT2D eigenvalue weighted by atomic mass is 16.6. The van der Waals surface area contributed by atoms with Gasteiger partial charge >= 0.3 is 0 Å². The molecule has 0 fully saturated rings. The van der Waals surface area contributed by atoms with E-state index in [1.807, 2.05) is 0 Å². The summed E-state index contributed by atoms with van der Waals surface area (Å²) in [5.41, 5.74) is 3.73. The number of aromatic nitrogens is 3. The predicted octanol–water partition coefficient (Wildman–Crippen LogP) is 0.249. The average Bonchev–Trinajstić information content (AvgIpc) is 2.61. The number of hydroxylamine groups is 1. The van der Waals surface area contributed by atoms with E-state index in [0.717, 1.165) is 0 Å². The van der Waals surface area contributed by atoms with Crippen LogP contribution in [0.4, 0.5) is 0 Å². The lowest BCUT2D eigenvalue weighted by Gasteiger charge is -1.98. The maximum absolute atomic E-state index is 11.4. The molecule has 2 rings (SSSR count). The van der Waals surface area contributed by atoms with Gasteiger partial charge in [-0.25, -0.2) is 10.5 Å².